The summed E-state index contributed by atoms with van der Waals surface area (Å²) >= 11 is 6.28. The van der Waals surface area contributed by atoms with E-state index in [9.17, 15) is 5.11 Å². The van der Waals surface area contributed by atoms with Crippen LogP contribution in [0.5, 0.6) is 5.75 Å². The standard InChI is InChI=1S/C19H27ClOSi/c1-12(2)22(13(3)4,14(5)6)19-10-15-8-7-9-17(20)16(15)11-18(19)21/h7-14,21H,1-6H3. The quantitative estimate of drug-likeness (QED) is 0.671. The minimum Gasteiger partial charge on any atom is -0.508 e. The van der Waals surface area contributed by atoms with Gasteiger partial charge in [0.15, 0.2) is 0 Å². The highest BCUT2D eigenvalue weighted by atomic mass is 35.5. The third kappa shape index (κ3) is 2.57. The average molecular weight is 335 g/mol. The van der Waals surface area contributed by atoms with E-state index in [4.69, 9.17) is 11.6 Å². The van der Waals surface area contributed by atoms with E-state index < -0.39 is 8.07 Å². The second-order valence-electron chi connectivity index (χ2n) is 7.23. The van der Waals surface area contributed by atoms with E-state index in [0.717, 1.165) is 10.8 Å². The van der Waals surface area contributed by atoms with Gasteiger partial charge in [-0.05, 0) is 39.3 Å². The van der Waals surface area contributed by atoms with E-state index in [-0.39, 0.29) is 0 Å². The van der Waals surface area contributed by atoms with Crippen molar-refractivity contribution in [2.45, 2.75) is 58.2 Å². The number of phenols is 1. The molecule has 2 aromatic rings. The number of benzene rings is 2. The molecule has 0 aliphatic heterocycles. The number of fused-ring (bicyclic) bond motifs is 1. The van der Waals surface area contributed by atoms with E-state index in [2.05, 4.69) is 53.7 Å². The van der Waals surface area contributed by atoms with Gasteiger partial charge in [-0.25, -0.2) is 0 Å². The van der Waals surface area contributed by atoms with Crippen molar-refractivity contribution in [1.82, 2.24) is 0 Å². The van der Waals surface area contributed by atoms with Crippen molar-refractivity contribution in [1.29, 1.82) is 0 Å². The maximum absolute atomic E-state index is 10.8. The van der Waals surface area contributed by atoms with Crippen molar-refractivity contribution >= 4 is 35.6 Å². The highest BCUT2D eigenvalue weighted by Crippen LogP contribution is 2.43. The molecular formula is C19H27ClOSi. The molecule has 120 valence electrons. The van der Waals surface area contributed by atoms with E-state index in [0.29, 0.717) is 27.4 Å². The van der Waals surface area contributed by atoms with Crippen LogP contribution in [0.2, 0.25) is 21.6 Å². The Hall–Kier alpha value is -0.993. The van der Waals surface area contributed by atoms with Gasteiger partial charge in [-0.15, -0.1) is 0 Å². The Morgan fingerprint density at radius 1 is 0.909 bits per heavy atom. The molecule has 2 rings (SSSR count). The van der Waals surface area contributed by atoms with Crippen LogP contribution in [0.3, 0.4) is 0 Å². The van der Waals surface area contributed by atoms with Crippen LogP contribution in [0.25, 0.3) is 10.8 Å². The van der Waals surface area contributed by atoms with Crippen LogP contribution < -0.4 is 5.19 Å². The number of hydrogen-bond acceptors (Lipinski definition) is 1. The maximum Gasteiger partial charge on any atom is 0.115 e. The van der Waals surface area contributed by atoms with Gasteiger partial charge >= 0.3 is 0 Å². The number of hydrogen-bond donors (Lipinski definition) is 1. The summed E-state index contributed by atoms with van der Waals surface area (Å²) in [5.41, 5.74) is 1.69. The van der Waals surface area contributed by atoms with Crippen molar-refractivity contribution < 1.29 is 5.11 Å². The fourth-order valence-corrected chi connectivity index (χ4v) is 11.6. The number of rotatable bonds is 4. The zero-order valence-corrected chi connectivity index (χ0v) is 16.2. The van der Waals surface area contributed by atoms with Crippen LogP contribution in [-0.4, -0.2) is 13.2 Å². The first kappa shape index (κ1) is 17.4. The van der Waals surface area contributed by atoms with Gasteiger partial charge < -0.3 is 5.11 Å². The molecule has 0 aliphatic rings. The fourth-order valence-electron chi connectivity index (χ4n) is 4.56. The van der Waals surface area contributed by atoms with Crippen LogP contribution in [0.4, 0.5) is 0 Å². The van der Waals surface area contributed by atoms with Gasteiger partial charge in [0.1, 0.15) is 5.75 Å². The smallest absolute Gasteiger partial charge is 0.115 e. The Morgan fingerprint density at radius 3 is 1.95 bits per heavy atom. The Morgan fingerprint density at radius 2 is 1.45 bits per heavy atom. The summed E-state index contributed by atoms with van der Waals surface area (Å²) in [5.74, 6) is 0.420. The van der Waals surface area contributed by atoms with Crippen LogP contribution in [0, 0.1) is 0 Å². The molecule has 0 bridgehead atoms. The molecule has 0 heterocycles. The zero-order chi connectivity index (χ0) is 16.7. The molecule has 0 fully saturated rings. The largest absolute Gasteiger partial charge is 0.508 e. The van der Waals surface area contributed by atoms with Gasteiger partial charge in [-0.1, -0.05) is 71.3 Å². The predicted molar refractivity (Wildman–Crippen MR) is 101 cm³/mol. The van der Waals surface area contributed by atoms with Gasteiger partial charge in [0.05, 0.1) is 8.07 Å². The van der Waals surface area contributed by atoms with E-state index in [1.807, 2.05) is 18.2 Å². The Kier molecular flexibility index (Phi) is 4.93. The summed E-state index contributed by atoms with van der Waals surface area (Å²) in [6.45, 7) is 13.9. The van der Waals surface area contributed by atoms with Crippen LogP contribution in [-0.2, 0) is 0 Å². The van der Waals surface area contributed by atoms with Gasteiger partial charge in [0.25, 0.3) is 0 Å². The Labute approximate surface area is 140 Å². The third-order valence-electron chi connectivity index (χ3n) is 5.28. The average Bonchev–Trinajstić information content (AvgIpc) is 2.40. The number of phenolic OH excluding ortho intramolecular Hbond substituents is 1. The lowest BCUT2D eigenvalue weighted by Gasteiger charge is -2.44. The monoisotopic (exact) mass is 334 g/mol. The Bertz CT molecular complexity index is 655. The zero-order valence-electron chi connectivity index (χ0n) is 14.4. The normalized spacial score (nSPS) is 12.8. The molecule has 0 saturated carbocycles. The third-order valence-corrected chi connectivity index (χ3v) is 12.7. The maximum atomic E-state index is 10.8. The summed E-state index contributed by atoms with van der Waals surface area (Å²) in [4.78, 5) is 0. The summed E-state index contributed by atoms with van der Waals surface area (Å²) in [6, 6.07) is 10.0. The molecule has 0 saturated heterocycles. The van der Waals surface area contributed by atoms with Gasteiger partial charge in [-0.2, -0.15) is 0 Å². The molecular weight excluding hydrogens is 308 g/mol. The first-order valence-electron chi connectivity index (χ1n) is 8.14. The summed E-state index contributed by atoms with van der Waals surface area (Å²) in [5, 5.41) is 14.7. The topological polar surface area (TPSA) is 20.2 Å². The van der Waals surface area contributed by atoms with E-state index in [1.165, 1.54) is 5.19 Å². The summed E-state index contributed by atoms with van der Waals surface area (Å²) < 4.78 is 0. The molecule has 0 atom stereocenters. The second kappa shape index (κ2) is 6.25. The SMILES string of the molecule is CC(C)[Si](c1cc2cccc(Cl)c2cc1O)(C(C)C)C(C)C. The van der Waals surface area contributed by atoms with Crippen molar-refractivity contribution in [2.75, 3.05) is 0 Å². The summed E-state index contributed by atoms with van der Waals surface area (Å²) in [7, 11) is -1.88. The minimum absolute atomic E-state index is 0.420. The lowest BCUT2D eigenvalue weighted by Crippen LogP contribution is -2.55. The highest BCUT2D eigenvalue weighted by molar-refractivity contribution is 6.95. The molecule has 22 heavy (non-hydrogen) atoms. The van der Waals surface area contributed by atoms with Crippen molar-refractivity contribution in [2.24, 2.45) is 0 Å². The molecule has 0 aliphatic carbocycles. The molecule has 0 aromatic heterocycles. The molecule has 0 spiro atoms. The fraction of sp³-hybridized carbons (Fsp3) is 0.474. The highest BCUT2D eigenvalue weighted by Gasteiger charge is 2.46. The molecule has 0 radical (unpaired) electrons. The van der Waals surface area contributed by atoms with Crippen LogP contribution >= 0.6 is 11.6 Å². The molecule has 1 nitrogen and oxygen atoms in total. The predicted octanol–water partition coefficient (Wildman–Crippen LogP) is 6.08. The second-order valence-corrected chi connectivity index (χ2v) is 13.5. The summed E-state index contributed by atoms with van der Waals surface area (Å²) in [6.07, 6.45) is 0. The van der Waals surface area contributed by atoms with Gasteiger partial charge in [0, 0.05) is 10.4 Å². The first-order valence-corrected chi connectivity index (χ1v) is 10.8. The minimum atomic E-state index is -1.88. The lowest BCUT2D eigenvalue weighted by atomic mass is 10.1. The van der Waals surface area contributed by atoms with Crippen LogP contribution in [0.1, 0.15) is 41.5 Å². The molecule has 3 heteroatoms. The molecule has 0 amide bonds. The molecule has 2 aromatic carbocycles. The van der Waals surface area contributed by atoms with Gasteiger partial charge in [-0.3, -0.25) is 0 Å². The molecule has 1 N–H and O–H groups in total. The number of halogens is 1. The molecule has 0 unspecified atom stereocenters. The van der Waals surface area contributed by atoms with Crippen molar-refractivity contribution in [3.05, 3.63) is 35.4 Å². The van der Waals surface area contributed by atoms with Crippen molar-refractivity contribution in [3.8, 4) is 5.75 Å². The Balaban J connectivity index is 2.83. The lowest BCUT2D eigenvalue weighted by molar-refractivity contribution is 0.479. The van der Waals surface area contributed by atoms with Gasteiger partial charge in [0.2, 0.25) is 0 Å². The van der Waals surface area contributed by atoms with E-state index in [1.54, 1.807) is 0 Å². The van der Waals surface area contributed by atoms with Crippen molar-refractivity contribution in [3.63, 3.8) is 0 Å². The van der Waals surface area contributed by atoms with Crippen LogP contribution in [0.15, 0.2) is 30.3 Å². The number of aromatic hydroxyl groups is 1. The first-order chi connectivity index (χ1) is 10.2. The van der Waals surface area contributed by atoms with E-state index >= 15 is 0 Å².